The van der Waals surface area contributed by atoms with Crippen molar-refractivity contribution in [2.75, 3.05) is 7.11 Å². The first-order valence-corrected chi connectivity index (χ1v) is 10.1. The van der Waals surface area contributed by atoms with Crippen LogP contribution in [0.4, 0.5) is 13.2 Å². The molecule has 0 radical (unpaired) electrons. The zero-order valence-electron chi connectivity index (χ0n) is 16.1. The lowest BCUT2D eigenvalue weighted by Gasteiger charge is -2.19. The van der Waals surface area contributed by atoms with E-state index < -0.39 is 17.4 Å². The number of hydrogen-bond donors (Lipinski definition) is 0. The van der Waals surface area contributed by atoms with Crippen LogP contribution < -0.4 is 4.74 Å². The third-order valence-corrected chi connectivity index (χ3v) is 5.84. The van der Waals surface area contributed by atoms with Gasteiger partial charge in [-0.15, -0.1) is 13.2 Å². The van der Waals surface area contributed by atoms with E-state index in [0.717, 1.165) is 16.3 Å². The van der Waals surface area contributed by atoms with Crippen molar-refractivity contribution in [2.45, 2.75) is 18.2 Å². The number of aryl methyl sites for hydroxylation is 1. The highest BCUT2D eigenvalue weighted by molar-refractivity contribution is 7.80. The Balaban J connectivity index is 2.18. The number of halogens is 3. The van der Waals surface area contributed by atoms with E-state index >= 15 is 0 Å². The molecule has 1 unspecified atom stereocenters. The van der Waals surface area contributed by atoms with Gasteiger partial charge in [-0.05, 0) is 40.6 Å². The Labute approximate surface area is 173 Å². The Morgan fingerprint density at radius 2 is 1.53 bits per heavy atom. The van der Waals surface area contributed by atoms with E-state index in [1.54, 1.807) is 36.4 Å². The van der Waals surface area contributed by atoms with Gasteiger partial charge >= 0.3 is 6.36 Å². The minimum Gasteiger partial charge on any atom is -0.405 e. The second-order valence-corrected chi connectivity index (χ2v) is 8.01. The van der Waals surface area contributed by atoms with Crippen LogP contribution in [-0.4, -0.2) is 17.7 Å². The molecule has 1 atom stereocenters. The van der Waals surface area contributed by atoms with E-state index in [1.165, 1.54) is 13.2 Å². The molecule has 3 nitrogen and oxygen atoms in total. The number of hydrogen-bond acceptors (Lipinski definition) is 3. The van der Waals surface area contributed by atoms with Crippen LogP contribution in [0.2, 0.25) is 0 Å². The molecule has 154 valence electrons. The maximum atomic E-state index is 13.2. The summed E-state index contributed by atoms with van der Waals surface area (Å²) in [6, 6.07) is 19.0. The predicted octanol–water partition coefficient (Wildman–Crippen LogP) is 6.54. The van der Waals surface area contributed by atoms with Crippen molar-refractivity contribution in [3.8, 4) is 16.9 Å². The quantitative estimate of drug-likeness (QED) is 0.369. The Hall–Kier alpha value is -2.90. The second kappa shape index (κ2) is 7.74. The maximum Gasteiger partial charge on any atom is 0.573 e. The minimum absolute atomic E-state index is 0.224. The average Bonchev–Trinajstić information content (AvgIpc) is 2.71. The summed E-state index contributed by atoms with van der Waals surface area (Å²) in [5.41, 5.74) is 1.58. The van der Waals surface area contributed by atoms with Crippen LogP contribution in [0.1, 0.15) is 5.56 Å². The monoisotopic (exact) mass is 430 g/mol. The lowest BCUT2D eigenvalue weighted by molar-refractivity contribution is -0.274. The molecule has 4 aromatic rings. The molecule has 0 spiro atoms. The van der Waals surface area contributed by atoms with Crippen molar-refractivity contribution in [2.24, 2.45) is 0 Å². The molecular formula is C23H17F3O3S. The van der Waals surface area contributed by atoms with E-state index in [9.17, 15) is 17.4 Å². The number of benzene rings is 4. The largest absolute Gasteiger partial charge is 0.573 e. The highest BCUT2D eigenvalue weighted by Crippen LogP contribution is 2.45. The van der Waals surface area contributed by atoms with Crippen LogP contribution in [0.5, 0.6) is 5.75 Å². The molecule has 0 fully saturated rings. The average molecular weight is 430 g/mol. The molecule has 7 heteroatoms. The van der Waals surface area contributed by atoms with Gasteiger partial charge in [-0.1, -0.05) is 60.2 Å². The molecule has 0 N–H and O–H groups in total. The fourth-order valence-electron chi connectivity index (χ4n) is 3.63. The van der Waals surface area contributed by atoms with Crippen LogP contribution in [0.15, 0.2) is 71.6 Å². The Bertz CT molecular complexity index is 1280. The molecule has 4 rings (SSSR count). The normalized spacial score (nSPS) is 13.0. The van der Waals surface area contributed by atoms with Gasteiger partial charge in [0, 0.05) is 11.1 Å². The minimum atomic E-state index is -4.88. The predicted molar refractivity (Wildman–Crippen MR) is 112 cm³/mol. The van der Waals surface area contributed by atoms with Crippen molar-refractivity contribution >= 4 is 32.6 Å². The molecule has 0 aliphatic carbocycles. The molecule has 0 amide bonds. The molecule has 0 aromatic heterocycles. The van der Waals surface area contributed by atoms with E-state index in [4.69, 9.17) is 4.18 Å². The smallest absolute Gasteiger partial charge is 0.405 e. The summed E-state index contributed by atoms with van der Waals surface area (Å²) >= 11 is -1.87. The van der Waals surface area contributed by atoms with Gasteiger partial charge in [0.2, 0.25) is 0 Å². The van der Waals surface area contributed by atoms with Crippen molar-refractivity contribution in [3.05, 3.63) is 72.3 Å². The summed E-state index contributed by atoms with van der Waals surface area (Å²) in [6.45, 7) is 1.91. The zero-order chi connectivity index (χ0) is 21.5. The molecule has 0 bridgehead atoms. The summed E-state index contributed by atoms with van der Waals surface area (Å²) in [4.78, 5) is 0.274. The Morgan fingerprint density at radius 1 is 0.833 bits per heavy atom. The van der Waals surface area contributed by atoms with Crippen LogP contribution in [0.25, 0.3) is 32.7 Å². The van der Waals surface area contributed by atoms with E-state index in [-0.39, 0.29) is 16.2 Å². The molecule has 0 saturated carbocycles. The summed E-state index contributed by atoms with van der Waals surface area (Å²) in [7, 11) is 1.29. The summed E-state index contributed by atoms with van der Waals surface area (Å²) in [6.07, 6.45) is -4.88. The number of alkyl halides is 3. The lowest BCUT2D eigenvalue weighted by Crippen LogP contribution is -2.18. The standard InChI is InChI=1S/C23H17F3O3S/c1-14-7-10-18-16(13-14)8-11-19(29-23(24,25)26)21(18)22-17-6-4-3-5-15(17)9-12-20(22)30(27)28-2/h3-13H,1-2H3. The summed E-state index contributed by atoms with van der Waals surface area (Å²) < 4.78 is 61.8. The van der Waals surface area contributed by atoms with Crippen LogP contribution in [0, 0.1) is 6.92 Å². The van der Waals surface area contributed by atoms with Gasteiger partial charge in [-0.2, -0.15) is 0 Å². The van der Waals surface area contributed by atoms with Crippen LogP contribution in [-0.2, 0) is 15.3 Å². The highest BCUT2D eigenvalue weighted by atomic mass is 32.2. The number of ether oxygens (including phenoxy) is 1. The van der Waals surface area contributed by atoms with Gasteiger partial charge in [0.05, 0.1) is 12.0 Å². The lowest BCUT2D eigenvalue weighted by atomic mass is 9.92. The summed E-state index contributed by atoms with van der Waals surface area (Å²) in [5, 5.41) is 2.77. The Morgan fingerprint density at radius 3 is 2.27 bits per heavy atom. The highest BCUT2D eigenvalue weighted by Gasteiger charge is 2.33. The van der Waals surface area contributed by atoms with Crippen molar-refractivity contribution in [1.82, 2.24) is 0 Å². The van der Waals surface area contributed by atoms with Crippen molar-refractivity contribution in [3.63, 3.8) is 0 Å². The van der Waals surface area contributed by atoms with Gasteiger partial charge in [-0.3, -0.25) is 4.18 Å². The fourth-order valence-corrected chi connectivity index (χ4v) is 4.37. The first-order valence-electron chi connectivity index (χ1n) is 9.06. The first kappa shape index (κ1) is 20.4. The van der Waals surface area contributed by atoms with Gasteiger partial charge < -0.3 is 4.74 Å². The molecule has 4 aromatic carbocycles. The van der Waals surface area contributed by atoms with Crippen molar-refractivity contribution < 1.29 is 26.3 Å². The number of rotatable bonds is 4. The van der Waals surface area contributed by atoms with Gasteiger partial charge in [0.1, 0.15) is 5.75 Å². The molecule has 0 aliphatic rings. The van der Waals surface area contributed by atoms with Gasteiger partial charge in [-0.25, -0.2) is 4.21 Å². The zero-order valence-corrected chi connectivity index (χ0v) is 16.9. The second-order valence-electron chi connectivity index (χ2n) is 6.77. The Kier molecular flexibility index (Phi) is 5.26. The topological polar surface area (TPSA) is 35.5 Å². The van der Waals surface area contributed by atoms with Crippen LogP contribution in [0.3, 0.4) is 0 Å². The molecule has 30 heavy (non-hydrogen) atoms. The number of fused-ring (bicyclic) bond motifs is 2. The maximum absolute atomic E-state index is 13.2. The first-order chi connectivity index (χ1) is 14.3. The van der Waals surface area contributed by atoms with Gasteiger partial charge in [0.15, 0.2) is 11.1 Å². The third kappa shape index (κ3) is 3.78. The SMILES string of the molecule is COS(=O)c1ccc2ccccc2c1-c1c(OC(F)(F)F)ccc2cc(C)ccc12. The van der Waals surface area contributed by atoms with Gasteiger partial charge in [0.25, 0.3) is 0 Å². The molecule has 0 saturated heterocycles. The molecule has 0 aliphatic heterocycles. The third-order valence-electron chi connectivity index (χ3n) is 4.83. The van der Waals surface area contributed by atoms with E-state index in [2.05, 4.69) is 4.74 Å². The van der Waals surface area contributed by atoms with E-state index in [0.29, 0.717) is 16.3 Å². The van der Waals surface area contributed by atoms with E-state index in [1.807, 2.05) is 31.2 Å². The van der Waals surface area contributed by atoms with Crippen LogP contribution >= 0.6 is 0 Å². The summed E-state index contributed by atoms with van der Waals surface area (Å²) in [5.74, 6) is -0.357. The molecule has 0 heterocycles. The van der Waals surface area contributed by atoms with Crippen molar-refractivity contribution in [1.29, 1.82) is 0 Å². The fraction of sp³-hybridized carbons (Fsp3) is 0.130. The molecular weight excluding hydrogens is 413 g/mol.